The molecule has 11 nitrogen and oxygen atoms in total. The first-order valence-electron chi connectivity index (χ1n) is 21.7. The van der Waals surface area contributed by atoms with E-state index in [4.69, 9.17) is 18.9 Å². The summed E-state index contributed by atoms with van der Waals surface area (Å²) in [6, 6.07) is 33.1. The van der Waals surface area contributed by atoms with Gasteiger partial charge in [0.05, 0.1) is 17.5 Å². The van der Waals surface area contributed by atoms with E-state index in [1.165, 1.54) is 0 Å². The third-order valence-corrected chi connectivity index (χ3v) is 15.2. The molecule has 4 aromatic rings. The third-order valence-electron chi connectivity index (χ3n) is 12.8. The molecule has 0 bridgehead atoms. The number of carboxylic acid groups (broad SMARTS) is 1. The topological polar surface area (TPSA) is 132 Å². The first-order valence-corrected chi connectivity index (χ1v) is 23.2. The summed E-state index contributed by atoms with van der Waals surface area (Å²) in [4.78, 5) is 26.2. The Labute approximate surface area is 366 Å². The molecule has 3 aliphatic heterocycles. The summed E-state index contributed by atoms with van der Waals surface area (Å²) in [5.41, 5.74) is 4.07. The Morgan fingerprint density at radius 1 is 0.855 bits per heavy atom. The largest absolute Gasteiger partial charge is 0.482 e. The van der Waals surface area contributed by atoms with Crippen LogP contribution in [0.25, 0.3) is 0 Å². The van der Waals surface area contributed by atoms with Crippen molar-refractivity contribution in [2.24, 2.45) is 11.3 Å². The van der Waals surface area contributed by atoms with Gasteiger partial charge < -0.3 is 29.0 Å². The van der Waals surface area contributed by atoms with Crippen molar-refractivity contribution in [2.45, 2.75) is 95.7 Å². The minimum Gasteiger partial charge on any atom is -0.482 e. The van der Waals surface area contributed by atoms with Crippen LogP contribution in [0, 0.1) is 11.3 Å². The van der Waals surface area contributed by atoms with Crippen molar-refractivity contribution >= 4 is 22.1 Å². The summed E-state index contributed by atoms with van der Waals surface area (Å²) >= 11 is 0. The normalized spacial score (nSPS) is 21.0. The van der Waals surface area contributed by atoms with Crippen LogP contribution in [-0.4, -0.2) is 78.9 Å². The van der Waals surface area contributed by atoms with E-state index < -0.39 is 40.0 Å². The number of hydrogen-bond acceptors (Lipinski definition) is 8. The molecule has 0 saturated carbocycles. The second-order valence-corrected chi connectivity index (χ2v) is 20.4. The van der Waals surface area contributed by atoms with Crippen molar-refractivity contribution in [3.8, 4) is 17.2 Å². The Hall–Kier alpha value is -5.17. The highest BCUT2D eigenvalue weighted by atomic mass is 32.2. The zero-order valence-corrected chi connectivity index (χ0v) is 37.1. The highest BCUT2D eigenvalue weighted by Crippen LogP contribution is 2.55. The van der Waals surface area contributed by atoms with Gasteiger partial charge in [-0.05, 0) is 86.3 Å². The maximum atomic E-state index is 14.2. The maximum absolute atomic E-state index is 14.2. The van der Waals surface area contributed by atoms with E-state index in [0.29, 0.717) is 81.8 Å². The van der Waals surface area contributed by atoms with E-state index in [-0.39, 0.29) is 29.5 Å². The Bertz CT molecular complexity index is 2300. The van der Waals surface area contributed by atoms with Crippen LogP contribution in [0.5, 0.6) is 17.2 Å². The lowest BCUT2D eigenvalue weighted by Crippen LogP contribution is -2.55. The number of para-hydroxylation sites is 1. The average molecular weight is 865 g/mol. The zero-order chi connectivity index (χ0) is 44.1. The molecule has 1 N–H and O–H groups in total. The molecule has 0 aliphatic carbocycles. The lowest BCUT2D eigenvalue weighted by molar-refractivity contribution is -0.166. The Balaban J connectivity index is 1.12. The summed E-state index contributed by atoms with van der Waals surface area (Å²) in [7, 11) is -3.65. The molecule has 3 heterocycles. The van der Waals surface area contributed by atoms with E-state index in [1.807, 2.05) is 79.7 Å². The predicted molar refractivity (Wildman–Crippen MR) is 239 cm³/mol. The van der Waals surface area contributed by atoms with Gasteiger partial charge in [-0.15, -0.1) is 0 Å². The molecule has 3 fully saturated rings. The molecule has 62 heavy (non-hydrogen) atoms. The van der Waals surface area contributed by atoms with Crippen LogP contribution in [0.15, 0.2) is 115 Å². The van der Waals surface area contributed by atoms with Gasteiger partial charge in [-0.3, -0.25) is 0 Å². The number of benzene rings is 4. The number of hydrogen-bond donors (Lipinski definition) is 1. The molecule has 0 aromatic heterocycles. The monoisotopic (exact) mass is 864 g/mol. The molecule has 3 aliphatic rings. The standard InChI is InChI=1S/C50H60N2O9S/c1-35(2)41-32-50(24-28-52(29-25-50)62(56,57)39-22-26-51(27-23-39)48(55)59-33-37-16-10-7-11-17-37)45(30-36-14-8-6-9-15-36)61-47(41)40-31-38(20-21-43(40)58-34-46(53)54)60-44-19-13-12-18-42(44)49(3,4)5/h6-21,31,39,41,45,47H,1,22-30,32-34H2,2-5H3,(H,53,54)/t41-,45+,47-/m0/s1. The number of carboxylic acids is 1. The van der Waals surface area contributed by atoms with Crippen LogP contribution >= 0.6 is 0 Å². The number of likely N-dealkylation sites (tertiary alicyclic amines) is 1. The summed E-state index contributed by atoms with van der Waals surface area (Å²) in [6.07, 6.45) is 1.90. The number of aliphatic carboxylic acids is 1. The number of rotatable bonds is 13. The Morgan fingerprint density at radius 3 is 2.11 bits per heavy atom. The highest BCUT2D eigenvalue weighted by molar-refractivity contribution is 7.89. The Kier molecular flexibility index (Phi) is 13.8. The zero-order valence-electron chi connectivity index (χ0n) is 36.3. The summed E-state index contributed by atoms with van der Waals surface area (Å²) < 4.78 is 55.5. The van der Waals surface area contributed by atoms with Gasteiger partial charge in [0.25, 0.3) is 0 Å². The summed E-state index contributed by atoms with van der Waals surface area (Å²) in [6.45, 7) is 13.8. The first kappa shape index (κ1) is 44.9. The first-order chi connectivity index (χ1) is 29.6. The molecular weight excluding hydrogens is 805 g/mol. The minimum absolute atomic E-state index is 0.169. The fraction of sp³-hybridized carbons (Fsp3) is 0.440. The number of sulfonamides is 1. The van der Waals surface area contributed by atoms with Crippen LogP contribution in [0.3, 0.4) is 0 Å². The van der Waals surface area contributed by atoms with Crippen molar-refractivity contribution in [3.63, 3.8) is 0 Å². The minimum atomic E-state index is -3.65. The lowest BCUT2D eigenvalue weighted by Gasteiger charge is -2.54. The molecule has 12 heteroatoms. The fourth-order valence-corrected chi connectivity index (χ4v) is 11.3. The lowest BCUT2D eigenvalue weighted by atomic mass is 9.63. The molecular formula is C50H60N2O9S. The molecule has 3 atom stereocenters. The van der Waals surface area contributed by atoms with Gasteiger partial charge >= 0.3 is 12.1 Å². The molecule has 0 unspecified atom stereocenters. The average Bonchev–Trinajstić information content (AvgIpc) is 3.26. The van der Waals surface area contributed by atoms with Crippen molar-refractivity contribution in [2.75, 3.05) is 32.8 Å². The van der Waals surface area contributed by atoms with Crippen molar-refractivity contribution in [1.82, 2.24) is 9.21 Å². The van der Waals surface area contributed by atoms with Crippen LogP contribution in [-0.2, 0) is 42.7 Å². The van der Waals surface area contributed by atoms with E-state index >= 15 is 0 Å². The van der Waals surface area contributed by atoms with E-state index in [2.05, 4.69) is 45.5 Å². The highest BCUT2D eigenvalue weighted by Gasteiger charge is 2.52. The van der Waals surface area contributed by atoms with Gasteiger partial charge in [-0.2, -0.15) is 0 Å². The van der Waals surface area contributed by atoms with Crippen molar-refractivity contribution in [1.29, 1.82) is 0 Å². The van der Waals surface area contributed by atoms with E-state index in [0.717, 1.165) is 28.0 Å². The van der Waals surface area contributed by atoms with Crippen LogP contribution < -0.4 is 9.47 Å². The molecule has 1 spiro atoms. The van der Waals surface area contributed by atoms with Gasteiger partial charge in [0.15, 0.2) is 6.61 Å². The number of piperidine rings is 2. The quantitative estimate of drug-likeness (QED) is 0.131. The van der Waals surface area contributed by atoms with Crippen LogP contribution in [0.2, 0.25) is 0 Å². The molecule has 330 valence electrons. The second-order valence-electron chi connectivity index (χ2n) is 18.2. The third kappa shape index (κ3) is 10.4. The number of carbonyl (C=O) groups excluding carboxylic acids is 1. The van der Waals surface area contributed by atoms with E-state index in [1.54, 1.807) is 21.3 Å². The number of amides is 1. The Morgan fingerprint density at radius 2 is 1.48 bits per heavy atom. The smallest absolute Gasteiger partial charge is 0.410 e. The molecule has 7 rings (SSSR count). The number of carbonyl (C=O) groups is 2. The predicted octanol–water partition coefficient (Wildman–Crippen LogP) is 9.72. The van der Waals surface area contributed by atoms with Gasteiger partial charge in [0.2, 0.25) is 10.0 Å². The number of ether oxygens (including phenoxy) is 4. The molecule has 4 aromatic carbocycles. The molecule has 0 radical (unpaired) electrons. The summed E-state index contributed by atoms with van der Waals surface area (Å²) in [5, 5.41) is 9.05. The van der Waals surface area contributed by atoms with Gasteiger partial charge in [0, 0.05) is 48.6 Å². The van der Waals surface area contributed by atoms with Crippen LogP contribution in [0.4, 0.5) is 4.79 Å². The van der Waals surface area contributed by atoms with E-state index in [9.17, 15) is 23.1 Å². The SMILES string of the molecule is C=C(C)[C@@H]1CC2(CCN(S(=O)(=O)C3CCN(C(=O)OCc4ccccc4)CC3)CC2)[C@@H](Cc2ccccc2)O[C@H]1c1cc(Oc2ccccc2C(C)(C)C)ccc1OCC(=O)O. The number of nitrogens with zero attached hydrogens (tertiary/aromatic N) is 2. The van der Waals surface area contributed by atoms with Crippen molar-refractivity contribution in [3.05, 3.63) is 138 Å². The van der Waals surface area contributed by atoms with Gasteiger partial charge in [0.1, 0.15) is 23.9 Å². The van der Waals surface area contributed by atoms with Gasteiger partial charge in [-0.1, -0.05) is 112 Å². The van der Waals surface area contributed by atoms with Gasteiger partial charge in [-0.25, -0.2) is 22.3 Å². The second kappa shape index (κ2) is 19.1. The summed E-state index contributed by atoms with van der Waals surface area (Å²) in [5.74, 6) is 0.398. The van der Waals surface area contributed by atoms with Crippen LogP contribution in [0.1, 0.15) is 88.2 Å². The molecule has 1 amide bonds. The fourth-order valence-electron chi connectivity index (χ4n) is 9.36. The maximum Gasteiger partial charge on any atom is 0.410 e. The van der Waals surface area contributed by atoms with Crippen molar-refractivity contribution < 1.29 is 42.1 Å². The molecule has 3 saturated heterocycles.